The van der Waals surface area contributed by atoms with Crippen LogP contribution >= 0.6 is 0 Å². The van der Waals surface area contributed by atoms with Crippen LogP contribution in [-0.4, -0.2) is 0 Å². The first-order chi connectivity index (χ1) is 12.0. The van der Waals surface area contributed by atoms with Crippen LogP contribution in [-0.2, 0) is 0 Å². The Morgan fingerprint density at radius 1 is 0.208 bits per heavy atom. The summed E-state index contributed by atoms with van der Waals surface area (Å²) in [7, 11) is 0. The molecule has 140 valence electrons. The van der Waals surface area contributed by atoms with Gasteiger partial charge in [-0.15, -0.1) is 0 Å². The summed E-state index contributed by atoms with van der Waals surface area (Å²) in [4.78, 5) is 0. The lowest BCUT2D eigenvalue weighted by atomic mass is 9.88. The number of allylic oxidation sites excluding steroid dienone is 2. The summed E-state index contributed by atoms with van der Waals surface area (Å²) >= 11 is 0. The molecule has 0 heterocycles. The average Bonchev–Trinajstić information content (AvgIpc) is 2.56. The molecule has 0 aromatic carbocycles. The van der Waals surface area contributed by atoms with Gasteiger partial charge in [0.1, 0.15) is 0 Å². The van der Waals surface area contributed by atoms with E-state index in [0.717, 1.165) is 0 Å². The highest BCUT2D eigenvalue weighted by molar-refractivity contribution is 5.15. The van der Waals surface area contributed by atoms with Gasteiger partial charge in [0, 0.05) is 0 Å². The molecule has 2 fully saturated rings. The third kappa shape index (κ3) is 9.28. The van der Waals surface area contributed by atoms with Gasteiger partial charge >= 0.3 is 0 Å². The van der Waals surface area contributed by atoms with Crippen molar-refractivity contribution in [2.24, 2.45) is 0 Å². The van der Waals surface area contributed by atoms with Crippen molar-refractivity contribution in [1.82, 2.24) is 0 Å². The zero-order valence-corrected chi connectivity index (χ0v) is 16.6. The molecular formula is C24H44. The van der Waals surface area contributed by atoms with E-state index in [-0.39, 0.29) is 0 Å². The van der Waals surface area contributed by atoms with Gasteiger partial charge in [-0.3, -0.25) is 0 Å². The van der Waals surface area contributed by atoms with E-state index < -0.39 is 0 Å². The predicted molar refractivity (Wildman–Crippen MR) is 109 cm³/mol. The van der Waals surface area contributed by atoms with Crippen LogP contribution in [0.5, 0.6) is 0 Å². The van der Waals surface area contributed by atoms with Gasteiger partial charge < -0.3 is 0 Å². The summed E-state index contributed by atoms with van der Waals surface area (Å²) in [6.07, 6.45) is 32.5. The highest BCUT2D eigenvalue weighted by Crippen LogP contribution is 2.29. The molecular weight excluding hydrogens is 288 g/mol. The summed E-state index contributed by atoms with van der Waals surface area (Å²) in [5.41, 5.74) is 3.85. The third-order valence-electron chi connectivity index (χ3n) is 6.41. The van der Waals surface area contributed by atoms with Crippen molar-refractivity contribution in [3.8, 4) is 0 Å². The van der Waals surface area contributed by atoms with Crippen molar-refractivity contribution in [1.29, 1.82) is 0 Å². The largest absolute Gasteiger partial charge is 0.0710 e. The topological polar surface area (TPSA) is 0 Å². The van der Waals surface area contributed by atoms with Crippen molar-refractivity contribution in [2.45, 2.75) is 141 Å². The monoisotopic (exact) mass is 332 g/mol. The Hall–Kier alpha value is -0.260. The molecule has 0 aromatic rings. The molecule has 0 unspecified atom stereocenters. The first-order valence-electron chi connectivity index (χ1n) is 11.7. The van der Waals surface area contributed by atoms with E-state index in [1.54, 1.807) is 0 Å². The molecule has 0 bridgehead atoms. The SMILES string of the molecule is C1CCCCCC(=C2CCCCCCCCCCC2)CCCCC1. The maximum atomic E-state index is 1.92. The normalized spacial score (nSPS) is 25.0. The minimum Gasteiger partial charge on any atom is -0.0710 e. The fraction of sp³-hybridized carbons (Fsp3) is 0.917. The maximum Gasteiger partial charge on any atom is -0.0318 e. The quantitative estimate of drug-likeness (QED) is 0.388. The maximum absolute atomic E-state index is 1.92. The van der Waals surface area contributed by atoms with Gasteiger partial charge in [-0.1, -0.05) is 101 Å². The summed E-state index contributed by atoms with van der Waals surface area (Å²) in [5, 5.41) is 0. The second-order valence-electron chi connectivity index (χ2n) is 8.57. The third-order valence-corrected chi connectivity index (χ3v) is 6.41. The zero-order chi connectivity index (χ0) is 16.7. The van der Waals surface area contributed by atoms with E-state index in [1.165, 1.54) is 141 Å². The van der Waals surface area contributed by atoms with Gasteiger partial charge in [0.05, 0.1) is 0 Å². The Morgan fingerprint density at radius 3 is 0.583 bits per heavy atom. The first-order valence-corrected chi connectivity index (χ1v) is 11.7. The Balaban J connectivity index is 1.92. The summed E-state index contributed by atoms with van der Waals surface area (Å²) in [6.45, 7) is 0. The average molecular weight is 333 g/mol. The van der Waals surface area contributed by atoms with Crippen molar-refractivity contribution in [3.05, 3.63) is 11.1 Å². The van der Waals surface area contributed by atoms with Gasteiger partial charge in [0.25, 0.3) is 0 Å². The Kier molecular flexibility index (Phi) is 11.7. The minimum absolute atomic E-state index is 1.44. The predicted octanol–water partition coefficient (Wildman–Crippen LogP) is 8.89. The van der Waals surface area contributed by atoms with Crippen LogP contribution in [0.4, 0.5) is 0 Å². The molecule has 0 heteroatoms. The minimum atomic E-state index is 1.44. The van der Waals surface area contributed by atoms with E-state index in [4.69, 9.17) is 0 Å². The molecule has 0 amide bonds. The number of rotatable bonds is 0. The van der Waals surface area contributed by atoms with Crippen molar-refractivity contribution in [2.75, 3.05) is 0 Å². The lowest BCUT2D eigenvalue weighted by Crippen LogP contribution is -1.98. The lowest BCUT2D eigenvalue weighted by Gasteiger charge is -2.18. The molecule has 0 spiro atoms. The molecule has 2 aliphatic rings. The highest BCUT2D eigenvalue weighted by Gasteiger charge is 2.09. The van der Waals surface area contributed by atoms with Gasteiger partial charge in [0.15, 0.2) is 0 Å². The van der Waals surface area contributed by atoms with Crippen molar-refractivity contribution >= 4 is 0 Å². The molecule has 2 aliphatic carbocycles. The Labute approximate surface area is 152 Å². The van der Waals surface area contributed by atoms with E-state index in [1.807, 2.05) is 11.1 Å². The van der Waals surface area contributed by atoms with Gasteiger partial charge in [0.2, 0.25) is 0 Å². The molecule has 0 saturated heterocycles. The van der Waals surface area contributed by atoms with Crippen LogP contribution in [0.2, 0.25) is 0 Å². The molecule has 0 aromatic heterocycles. The lowest BCUT2D eigenvalue weighted by molar-refractivity contribution is 0.523. The van der Waals surface area contributed by atoms with Gasteiger partial charge in [-0.25, -0.2) is 0 Å². The Morgan fingerprint density at radius 2 is 0.375 bits per heavy atom. The van der Waals surface area contributed by atoms with Crippen molar-refractivity contribution in [3.63, 3.8) is 0 Å². The number of hydrogen-bond donors (Lipinski definition) is 0. The molecule has 0 nitrogen and oxygen atoms in total. The van der Waals surface area contributed by atoms with Gasteiger partial charge in [-0.05, 0) is 51.4 Å². The summed E-state index contributed by atoms with van der Waals surface area (Å²) in [6, 6.07) is 0. The van der Waals surface area contributed by atoms with Crippen molar-refractivity contribution < 1.29 is 0 Å². The molecule has 2 saturated carbocycles. The van der Waals surface area contributed by atoms with Crippen LogP contribution in [0.1, 0.15) is 141 Å². The summed E-state index contributed by atoms with van der Waals surface area (Å²) < 4.78 is 0. The summed E-state index contributed by atoms with van der Waals surface area (Å²) in [5.74, 6) is 0. The zero-order valence-electron chi connectivity index (χ0n) is 16.6. The first kappa shape index (κ1) is 20.1. The second-order valence-corrected chi connectivity index (χ2v) is 8.57. The van der Waals surface area contributed by atoms with Crippen LogP contribution in [0.25, 0.3) is 0 Å². The molecule has 0 N–H and O–H groups in total. The van der Waals surface area contributed by atoms with Crippen LogP contribution in [0.3, 0.4) is 0 Å². The molecule has 0 atom stereocenters. The smallest absolute Gasteiger partial charge is 0.0318 e. The molecule has 0 aliphatic heterocycles. The second kappa shape index (κ2) is 14.0. The van der Waals surface area contributed by atoms with E-state index >= 15 is 0 Å². The highest BCUT2D eigenvalue weighted by atomic mass is 14.2. The van der Waals surface area contributed by atoms with E-state index in [0.29, 0.717) is 0 Å². The van der Waals surface area contributed by atoms with Crippen LogP contribution in [0, 0.1) is 0 Å². The number of hydrogen-bond acceptors (Lipinski definition) is 0. The molecule has 0 radical (unpaired) electrons. The van der Waals surface area contributed by atoms with E-state index in [9.17, 15) is 0 Å². The molecule has 2 rings (SSSR count). The molecule has 24 heavy (non-hydrogen) atoms. The fourth-order valence-corrected chi connectivity index (χ4v) is 4.79. The fourth-order valence-electron chi connectivity index (χ4n) is 4.79. The standard InChI is InChI=1S/C24H44/c1-3-7-11-15-19-23(20-16-12-8-4-1)24-21-17-13-9-5-2-6-10-14-18-22-24/h1-22H2. The van der Waals surface area contributed by atoms with Crippen LogP contribution < -0.4 is 0 Å². The Bertz CT molecular complexity index is 265. The van der Waals surface area contributed by atoms with E-state index in [2.05, 4.69) is 0 Å². The van der Waals surface area contributed by atoms with Gasteiger partial charge in [-0.2, -0.15) is 0 Å². The van der Waals surface area contributed by atoms with Crippen LogP contribution in [0.15, 0.2) is 11.1 Å².